The molecule has 5 heteroatoms. The van der Waals surface area contributed by atoms with Crippen LogP contribution >= 0.6 is 15.9 Å². The van der Waals surface area contributed by atoms with Crippen LogP contribution in [-0.4, -0.2) is 23.2 Å². The first kappa shape index (κ1) is 22.2. The van der Waals surface area contributed by atoms with Crippen LogP contribution in [0.1, 0.15) is 42.7 Å². The molecule has 0 saturated heterocycles. The molecule has 4 nitrogen and oxygen atoms in total. The van der Waals surface area contributed by atoms with Gasteiger partial charge in [-0.05, 0) is 42.7 Å². The van der Waals surface area contributed by atoms with Crippen molar-refractivity contribution < 1.29 is 14.6 Å². The Morgan fingerprint density at radius 2 is 1.43 bits per heavy atom. The molecule has 0 bridgehead atoms. The summed E-state index contributed by atoms with van der Waals surface area (Å²) < 4.78 is 6.27. The molecule has 0 heterocycles. The first-order valence-electron chi connectivity index (χ1n) is 9.94. The molecule has 0 unspecified atom stereocenters. The molecule has 0 aromatic heterocycles. The Balaban J connectivity index is 2.05. The number of rotatable bonds is 8. The number of hydrogen-bond donors (Lipinski definition) is 2. The third-order valence-corrected chi connectivity index (χ3v) is 5.67. The summed E-state index contributed by atoms with van der Waals surface area (Å²) in [5.41, 5.74) is 1.23. The van der Waals surface area contributed by atoms with Crippen molar-refractivity contribution in [1.82, 2.24) is 5.32 Å². The molecule has 2 atom stereocenters. The van der Waals surface area contributed by atoms with Gasteiger partial charge in [0.1, 0.15) is 11.6 Å². The summed E-state index contributed by atoms with van der Waals surface area (Å²) in [7, 11) is 0. The summed E-state index contributed by atoms with van der Waals surface area (Å²) in [6.45, 7) is 3.68. The van der Waals surface area contributed by atoms with E-state index < -0.39 is 17.6 Å². The van der Waals surface area contributed by atoms with Gasteiger partial charge in [0.05, 0.1) is 12.6 Å². The molecule has 0 radical (unpaired) electrons. The highest BCUT2D eigenvalue weighted by molar-refractivity contribution is 9.10. The molecule has 0 aliphatic rings. The van der Waals surface area contributed by atoms with Crippen LogP contribution in [0.25, 0.3) is 0 Å². The van der Waals surface area contributed by atoms with Crippen molar-refractivity contribution in [2.24, 2.45) is 0 Å². The highest BCUT2D eigenvalue weighted by atomic mass is 79.9. The van der Waals surface area contributed by atoms with Crippen LogP contribution in [0.2, 0.25) is 0 Å². The Bertz CT molecular complexity index is 908. The molecule has 0 amide bonds. The van der Waals surface area contributed by atoms with Gasteiger partial charge in [-0.25, -0.2) is 4.79 Å². The minimum atomic E-state index is -1.37. The molecule has 2 N–H and O–H groups in total. The van der Waals surface area contributed by atoms with Gasteiger partial charge in [-0.15, -0.1) is 0 Å². The third-order valence-electron chi connectivity index (χ3n) is 5.14. The van der Waals surface area contributed by atoms with E-state index >= 15 is 0 Å². The molecule has 3 rings (SSSR count). The van der Waals surface area contributed by atoms with Gasteiger partial charge in [0, 0.05) is 4.47 Å². The lowest BCUT2D eigenvalue weighted by Gasteiger charge is -2.37. The summed E-state index contributed by atoms with van der Waals surface area (Å²) in [4.78, 5) is 13.1. The zero-order chi connectivity index (χ0) is 21.6. The molecule has 0 spiro atoms. The number of halogens is 1. The molecule has 0 saturated carbocycles. The van der Waals surface area contributed by atoms with Gasteiger partial charge in [-0.3, -0.25) is 5.32 Å². The zero-order valence-corrected chi connectivity index (χ0v) is 18.7. The van der Waals surface area contributed by atoms with Gasteiger partial charge >= 0.3 is 5.97 Å². The third kappa shape index (κ3) is 4.98. The summed E-state index contributed by atoms with van der Waals surface area (Å²) in [5.74, 6) is -0.503. The fourth-order valence-corrected chi connectivity index (χ4v) is 3.72. The van der Waals surface area contributed by atoms with E-state index in [-0.39, 0.29) is 12.6 Å². The van der Waals surface area contributed by atoms with E-state index in [2.05, 4.69) is 21.2 Å². The summed E-state index contributed by atoms with van der Waals surface area (Å²) in [6.07, 6.45) is -1.11. The number of aliphatic hydroxyl groups is 1. The smallest absolute Gasteiger partial charge is 0.329 e. The minimum absolute atomic E-state index is 0.227. The lowest BCUT2D eigenvalue weighted by molar-refractivity contribution is -0.156. The van der Waals surface area contributed by atoms with Crippen molar-refractivity contribution in [3.63, 3.8) is 0 Å². The summed E-state index contributed by atoms with van der Waals surface area (Å²) >= 11 is 3.41. The quantitative estimate of drug-likeness (QED) is 0.447. The van der Waals surface area contributed by atoms with Gasteiger partial charge in [0.2, 0.25) is 0 Å². The zero-order valence-electron chi connectivity index (χ0n) is 17.1. The highest BCUT2D eigenvalue weighted by Crippen LogP contribution is 2.33. The number of carbonyl (C=O) groups excluding carboxylic acids is 1. The summed E-state index contributed by atoms with van der Waals surface area (Å²) in [5, 5.41) is 14.7. The number of esters is 1. The normalized spacial score (nSPS) is 14.2. The number of nitrogens with one attached hydrogen (secondary N) is 1. The van der Waals surface area contributed by atoms with Crippen molar-refractivity contribution >= 4 is 21.9 Å². The van der Waals surface area contributed by atoms with Gasteiger partial charge < -0.3 is 9.84 Å². The Hall–Kier alpha value is -2.47. The van der Waals surface area contributed by atoms with Crippen LogP contribution < -0.4 is 5.32 Å². The van der Waals surface area contributed by atoms with E-state index in [0.717, 1.165) is 15.6 Å². The predicted molar refractivity (Wildman–Crippen MR) is 122 cm³/mol. The van der Waals surface area contributed by atoms with Crippen molar-refractivity contribution in [2.75, 3.05) is 6.61 Å². The second-order valence-corrected chi connectivity index (χ2v) is 8.19. The molecule has 0 fully saturated rings. The lowest BCUT2D eigenvalue weighted by Crippen LogP contribution is -2.56. The standard InChI is InChI=1S/C25H26BrNO3/c1-3-30-24(29)25(2,23(28)20-14-16-21(26)17-15-20)27-22(18-10-6-4-7-11-18)19-12-8-5-9-13-19/h4-17,22-23,27-28H,3H2,1-2H3/t23-,25+/m0/s1. The van der Waals surface area contributed by atoms with Gasteiger partial charge in [-0.1, -0.05) is 88.7 Å². The predicted octanol–water partition coefficient (Wildman–Crippen LogP) is 5.18. The van der Waals surface area contributed by atoms with Crippen LogP contribution in [0.4, 0.5) is 0 Å². The number of ether oxygens (including phenoxy) is 1. The van der Waals surface area contributed by atoms with Crippen LogP contribution in [0.5, 0.6) is 0 Å². The van der Waals surface area contributed by atoms with Crippen molar-refractivity contribution in [3.05, 3.63) is 106 Å². The second kappa shape index (κ2) is 10.0. The fourth-order valence-electron chi connectivity index (χ4n) is 3.46. The molecule has 3 aromatic carbocycles. The van der Waals surface area contributed by atoms with Gasteiger partial charge in [0.25, 0.3) is 0 Å². The van der Waals surface area contributed by atoms with Crippen LogP contribution in [0.3, 0.4) is 0 Å². The molecular weight excluding hydrogens is 442 g/mol. The van der Waals surface area contributed by atoms with Crippen LogP contribution in [-0.2, 0) is 9.53 Å². The van der Waals surface area contributed by atoms with Gasteiger partial charge in [0.15, 0.2) is 0 Å². The van der Waals surface area contributed by atoms with E-state index in [1.807, 2.05) is 72.8 Å². The molecule has 3 aromatic rings. The Labute approximate surface area is 186 Å². The van der Waals surface area contributed by atoms with E-state index in [1.165, 1.54) is 0 Å². The second-order valence-electron chi connectivity index (χ2n) is 7.28. The molecule has 30 heavy (non-hydrogen) atoms. The average Bonchev–Trinajstić information content (AvgIpc) is 2.78. The summed E-state index contributed by atoms with van der Waals surface area (Å²) in [6, 6.07) is 26.7. The van der Waals surface area contributed by atoms with E-state index in [1.54, 1.807) is 26.0 Å². The Kier molecular flexibility index (Phi) is 7.43. The monoisotopic (exact) mass is 467 g/mol. The molecule has 0 aliphatic carbocycles. The topological polar surface area (TPSA) is 58.6 Å². The van der Waals surface area contributed by atoms with Crippen LogP contribution in [0, 0.1) is 0 Å². The lowest BCUT2D eigenvalue weighted by atomic mass is 9.86. The minimum Gasteiger partial charge on any atom is -0.465 e. The number of carbonyl (C=O) groups is 1. The maximum absolute atomic E-state index is 13.1. The van der Waals surface area contributed by atoms with Crippen molar-refractivity contribution in [3.8, 4) is 0 Å². The number of aliphatic hydroxyl groups excluding tert-OH is 1. The van der Waals surface area contributed by atoms with Crippen LogP contribution in [0.15, 0.2) is 89.4 Å². The van der Waals surface area contributed by atoms with Gasteiger partial charge in [-0.2, -0.15) is 0 Å². The van der Waals surface area contributed by atoms with E-state index in [4.69, 9.17) is 4.74 Å². The fraction of sp³-hybridized carbons (Fsp3) is 0.240. The first-order chi connectivity index (χ1) is 14.5. The maximum Gasteiger partial charge on any atom is 0.329 e. The Morgan fingerprint density at radius 3 is 1.90 bits per heavy atom. The SMILES string of the molecule is CCOC(=O)[C@](C)(NC(c1ccccc1)c1ccccc1)[C@@H](O)c1ccc(Br)cc1. The number of benzene rings is 3. The van der Waals surface area contributed by atoms with E-state index in [9.17, 15) is 9.90 Å². The number of hydrogen-bond acceptors (Lipinski definition) is 4. The Morgan fingerprint density at radius 1 is 0.933 bits per heavy atom. The molecular formula is C25H26BrNO3. The average molecular weight is 468 g/mol. The van der Waals surface area contributed by atoms with Crippen molar-refractivity contribution in [1.29, 1.82) is 0 Å². The van der Waals surface area contributed by atoms with Crippen molar-refractivity contribution in [2.45, 2.75) is 31.5 Å². The highest BCUT2D eigenvalue weighted by Gasteiger charge is 2.44. The molecule has 0 aliphatic heterocycles. The molecule has 156 valence electrons. The maximum atomic E-state index is 13.1. The first-order valence-corrected chi connectivity index (χ1v) is 10.7. The van der Waals surface area contributed by atoms with E-state index in [0.29, 0.717) is 5.56 Å². The largest absolute Gasteiger partial charge is 0.465 e.